The van der Waals surface area contributed by atoms with Crippen molar-refractivity contribution in [2.45, 2.75) is 18.9 Å². The highest BCUT2D eigenvalue weighted by atomic mass is 16.4. The first-order chi connectivity index (χ1) is 12.1. The fourth-order valence-electron chi connectivity index (χ4n) is 5.41. The molecule has 7 atom stereocenters. The fourth-order valence-corrected chi connectivity index (χ4v) is 5.41. The number of rotatable bonds is 4. The lowest BCUT2D eigenvalue weighted by Gasteiger charge is -2.37. The van der Waals surface area contributed by atoms with Gasteiger partial charge in [-0.3, -0.25) is 14.5 Å². The van der Waals surface area contributed by atoms with Gasteiger partial charge in [0.1, 0.15) is 6.04 Å². The summed E-state index contributed by atoms with van der Waals surface area (Å²) in [6.45, 7) is 0. The maximum Gasteiger partial charge on any atom is 0.327 e. The van der Waals surface area contributed by atoms with E-state index in [0.29, 0.717) is 11.8 Å². The quantitative estimate of drug-likeness (QED) is 0.671. The first kappa shape index (κ1) is 14.9. The van der Waals surface area contributed by atoms with Crippen molar-refractivity contribution in [1.29, 1.82) is 0 Å². The van der Waals surface area contributed by atoms with Crippen LogP contribution in [0.4, 0.5) is 0 Å². The first-order valence-corrected chi connectivity index (χ1v) is 8.90. The first-order valence-electron chi connectivity index (χ1n) is 8.90. The molecule has 0 spiro atoms. The summed E-state index contributed by atoms with van der Waals surface area (Å²) in [4.78, 5) is 39.0. The zero-order valence-electron chi connectivity index (χ0n) is 13.6. The van der Waals surface area contributed by atoms with Gasteiger partial charge in [-0.2, -0.15) is 0 Å². The van der Waals surface area contributed by atoms with Gasteiger partial charge in [-0.15, -0.1) is 0 Å². The minimum atomic E-state index is -1.12. The topological polar surface area (TPSA) is 74.7 Å². The predicted molar refractivity (Wildman–Crippen MR) is 88.1 cm³/mol. The van der Waals surface area contributed by atoms with Crippen molar-refractivity contribution in [3.63, 3.8) is 0 Å². The molecule has 2 amide bonds. The molecule has 2 bridgehead atoms. The molecule has 1 aromatic carbocycles. The number of imide groups is 1. The van der Waals surface area contributed by atoms with Crippen molar-refractivity contribution in [3.8, 4) is 0 Å². The van der Waals surface area contributed by atoms with Gasteiger partial charge in [-0.25, -0.2) is 4.79 Å². The zero-order valence-corrected chi connectivity index (χ0v) is 13.6. The molecule has 3 fully saturated rings. The minimum absolute atomic E-state index is 0.118. The van der Waals surface area contributed by atoms with Gasteiger partial charge in [0.2, 0.25) is 11.8 Å². The lowest BCUT2D eigenvalue weighted by Crippen LogP contribution is -2.47. The van der Waals surface area contributed by atoms with Crippen LogP contribution in [0.2, 0.25) is 0 Å². The second kappa shape index (κ2) is 5.04. The summed E-state index contributed by atoms with van der Waals surface area (Å²) < 4.78 is 0. The zero-order chi connectivity index (χ0) is 17.3. The molecule has 5 heteroatoms. The number of carbonyl (C=O) groups excluding carboxylic acids is 2. The highest BCUT2D eigenvalue weighted by molar-refractivity contribution is 6.08. The van der Waals surface area contributed by atoms with Gasteiger partial charge in [0, 0.05) is 6.42 Å². The lowest BCUT2D eigenvalue weighted by molar-refractivity contribution is -0.155. The molecule has 0 unspecified atom stereocenters. The Labute approximate surface area is 145 Å². The van der Waals surface area contributed by atoms with Gasteiger partial charge < -0.3 is 5.11 Å². The molecule has 5 aliphatic rings. The van der Waals surface area contributed by atoms with Gasteiger partial charge in [0.25, 0.3) is 0 Å². The Kier molecular flexibility index (Phi) is 3.00. The Morgan fingerprint density at radius 1 is 1.04 bits per heavy atom. The van der Waals surface area contributed by atoms with Crippen LogP contribution in [0.1, 0.15) is 12.0 Å². The van der Waals surface area contributed by atoms with Crippen molar-refractivity contribution in [2.24, 2.45) is 35.5 Å². The third kappa shape index (κ3) is 1.98. The number of carbonyl (C=O) groups is 3. The van der Waals surface area contributed by atoms with E-state index < -0.39 is 12.0 Å². The van der Waals surface area contributed by atoms with Crippen LogP contribution in [0.25, 0.3) is 0 Å². The van der Waals surface area contributed by atoms with Gasteiger partial charge in [-0.05, 0) is 35.7 Å². The molecule has 25 heavy (non-hydrogen) atoms. The van der Waals surface area contributed by atoms with Crippen LogP contribution in [-0.2, 0) is 20.8 Å². The van der Waals surface area contributed by atoms with E-state index in [2.05, 4.69) is 12.2 Å². The highest BCUT2D eigenvalue weighted by Gasteiger charge is 2.67. The molecule has 5 nitrogen and oxygen atoms in total. The number of allylic oxidation sites excluding steroid dienone is 2. The highest BCUT2D eigenvalue weighted by Crippen LogP contribution is 2.65. The van der Waals surface area contributed by atoms with Gasteiger partial charge in [0.05, 0.1) is 11.8 Å². The van der Waals surface area contributed by atoms with Gasteiger partial charge in [-0.1, -0.05) is 42.5 Å². The van der Waals surface area contributed by atoms with E-state index in [1.807, 2.05) is 30.3 Å². The normalized spacial score (nSPS) is 38.5. The largest absolute Gasteiger partial charge is 0.480 e. The van der Waals surface area contributed by atoms with E-state index in [1.165, 1.54) is 0 Å². The van der Waals surface area contributed by atoms with E-state index in [-0.39, 0.29) is 41.9 Å². The van der Waals surface area contributed by atoms with Crippen molar-refractivity contribution >= 4 is 17.8 Å². The summed E-state index contributed by atoms with van der Waals surface area (Å²) >= 11 is 0. The molecule has 1 heterocycles. The Bertz CT molecular complexity index is 765. The Morgan fingerprint density at radius 3 is 2.12 bits per heavy atom. The molecule has 6 rings (SSSR count). The number of nitrogens with zero attached hydrogens (tertiary/aromatic N) is 1. The van der Waals surface area contributed by atoms with E-state index in [1.54, 1.807) is 0 Å². The molecule has 4 aliphatic carbocycles. The van der Waals surface area contributed by atoms with E-state index >= 15 is 0 Å². The summed E-state index contributed by atoms with van der Waals surface area (Å²) in [5.74, 6) is -1.08. The Hall–Kier alpha value is -2.43. The van der Waals surface area contributed by atoms with Crippen LogP contribution >= 0.6 is 0 Å². The molecule has 128 valence electrons. The summed E-state index contributed by atoms with van der Waals surface area (Å²) in [7, 11) is 0. The molecule has 1 N–H and O–H groups in total. The third-order valence-electron chi connectivity index (χ3n) is 6.57. The summed E-state index contributed by atoms with van der Waals surface area (Å²) in [6, 6.07) is 8.06. The molecular weight excluding hydrogens is 318 g/mol. The second-order valence-electron chi connectivity index (χ2n) is 7.74. The molecule has 0 aromatic heterocycles. The summed E-state index contributed by atoms with van der Waals surface area (Å²) in [5.41, 5.74) is 0.814. The number of likely N-dealkylation sites (tertiary alicyclic amines) is 1. The molecule has 1 saturated heterocycles. The van der Waals surface area contributed by atoms with Crippen LogP contribution < -0.4 is 0 Å². The standard InChI is InChI=1S/C20H19NO4/c22-18-16-11-6-7-12(14-9-13(11)14)17(16)19(23)21(18)15(20(24)25)8-10-4-2-1-3-5-10/h1-7,11-17H,8-9H2,(H,24,25)/t11-,12-,13-,14-,15+,16+,17+/m1/s1. The van der Waals surface area contributed by atoms with Gasteiger partial charge >= 0.3 is 5.97 Å². The van der Waals surface area contributed by atoms with E-state index in [9.17, 15) is 19.5 Å². The molecule has 1 aliphatic heterocycles. The minimum Gasteiger partial charge on any atom is -0.480 e. The number of carboxylic acids is 1. The summed E-state index contributed by atoms with van der Waals surface area (Å²) in [5, 5.41) is 9.71. The number of hydrogen-bond donors (Lipinski definition) is 1. The SMILES string of the molecule is O=C(O)[C@H](Cc1ccccc1)N1C(=O)[C@H]2[C@@H]3C=C[C@H]([C@H]4C[C@H]34)[C@@H]2C1=O. The number of benzene rings is 1. The number of carboxylic acid groups (broad SMARTS) is 1. The second-order valence-corrected chi connectivity index (χ2v) is 7.74. The van der Waals surface area contributed by atoms with Crippen molar-refractivity contribution < 1.29 is 19.5 Å². The molecular formula is C20H19NO4. The molecule has 2 saturated carbocycles. The molecule has 1 aromatic rings. The Balaban J connectivity index is 1.48. The predicted octanol–water partition coefficient (Wildman–Crippen LogP) is 1.74. The number of amides is 2. The average Bonchev–Trinajstić information content (AvgIpc) is 3.39. The van der Waals surface area contributed by atoms with E-state index in [0.717, 1.165) is 16.9 Å². The third-order valence-corrected chi connectivity index (χ3v) is 6.57. The van der Waals surface area contributed by atoms with Gasteiger partial charge in [0.15, 0.2) is 0 Å². The van der Waals surface area contributed by atoms with Crippen LogP contribution in [0.3, 0.4) is 0 Å². The maximum absolute atomic E-state index is 13.0. The van der Waals surface area contributed by atoms with Crippen LogP contribution in [0.5, 0.6) is 0 Å². The summed E-state index contributed by atoms with van der Waals surface area (Å²) in [6.07, 6.45) is 5.45. The monoisotopic (exact) mass is 337 g/mol. The number of aliphatic carboxylic acids is 1. The average molecular weight is 337 g/mol. The maximum atomic E-state index is 13.0. The van der Waals surface area contributed by atoms with E-state index in [4.69, 9.17) is 0 Å². The van der Waals surface area contributed by atoms with Crippen LogP contribution in [0.15, 0.2) is 42.5 Å². The Morgan fingerprint density at radius 2 is 1.60 bits per heavy atom. The van der Waals surface area contributed by atoms with Crippen LogP contribution in [-0.4, -0.2) is 33.8 Å². The molecule has 0 radical (unpaired) electrons. The smallest absolute Gasteiger partial charge is 0.327 e. The van der Waals surface area contributed by atoms with Crippen molar-refractivity contribution in [1.82, 2.24) is 4.90 Å². The lowest BCUT2D eigenvalue weighted by atomic mass is 9.63. The fraction of sp³-hybridized carbons (Fsp3) is 0.450. The van der Waals surface area contributed by atoms with Crippen molar-refractivity contribution in [3.05, 3.63) is 48.0 Å². The number of hydrogen-bond acceptors (Lipinski definition) is 3. The van der Waals surface area contributed by atoms with Crippen molar-refractivity contribution in [2.75, 3.05) is 0 Å². The van der Waals surface area contributed by atoms with Crippen LogP contribution in [0, 0.1) is 35.5 Å².